The molecule has 13 heavy (non-hydrogen) atoms. The molecule has 1 saturated heterocycles. The van der Waals surface area contributed by atoms with Crippen LogP contribution in [0.5, 0.6) is 0 Å². The van der Waals surface area contributed by atoms with Gasteiger partial charge in [-0.25, -0.2) is 0 Å². The van der Waals surface area contributed by atoms with Crippen molar-refractivity contribution in [1.82, 2.24) is 5.32 Å². The van der Waals surface area contributed by atoms with Gasteiger partial charge in [-0.05, 0) is 31.7 Å². The summed E-state index contributed by atoms with van der Waals surface area (Å²) in [6.45, 7) is 2.99. The molecular weight excluding hydrogens is 193 g/mol. The van der Waals surface area contributed by atoms with Gasteiger partial charge in [0.05, 0.1) is 5.75 Å². The van der Waals surface area contributed by atoms with Gasteiger partial charge in [-0.3, -0.25) is 0 Å². The van der Waals surface area contributed by atoms with E-state index in [1.54, 1.807) is 0 Å². The van der Waals surface area contributed by atoms with Crippen molar-refractivity contribution in [2.75, 3.05) is 12.3 Å². The summed E-state index contributed by atoms with van der Waals surface area (Å²) in [7, 11) is -4.29. The molecule has 1 aliphatic heterocycles. The average molecular weight is 209 g/mol. The monoisotopic (exact) mass is 209 g/mol. The Bertz CT molecular complexity index is 253. The lowest BCUT2D eigenvalue weighted by atomic mass is 9.91. The molecule has 0 bridgehead atoms. The van der Waals surface area contributed by atoms with E-state index in [4.69, 9.17) is 0 Å². The second kappa shape index (κ2) is 4.37. The molecule has 5 heteroatoms. The summed E-state index contributed by atoms with van der Waals surface area (Å²) in [5, 5.41) is 3.21. The molecule has 1 heterocycles. The van der Waals surface area contributed by atoms with Crippen molar-refractivity contribution in [1.29, 1.82) is 0 Å². The van der Waals surface area contributed by atoms with Gasteiger partial charge in [-0.1, -0.05) is 6.92 Å². The highest BCUT2D eigenvalue weighted by Gasteiger charge is 2.22. The van der Waals surface area contributed by atoms with E-state index in [1.165, 1.54) is 0 Å². The molecule has 0 aromatic heterocycles. The lowest BCUT2D eigenvalue weighted by Crippen LogP contribution is -2.40. The fraction of sp³-hybridized carbons (Fsp3) is 1.00. The van der Waals surface area contributed by atoms with Crippen LogP contribution in [-0.2, 0) is 10.2 Å². The van der Waals surface area contributed by atoms with Crippen molar-refractivity contribution in [3.63, 3.8) is 0 Å². The fourth-order valence-electron chi connectivity index (χ4n) is 1.77. The topological polar surface area (TPSA) is 46.2 Å². The highest BCUT2D eigenvalue weighted by molar-refractivity contribution is 7.86. The predicted molar refractivity (Wildman–Crippen MR) is 49.7 cm³/mol. The average Bonchev–Trinajstić information content (AvgIpc) is 2.01. The molecule has 1 fully saturated rings. The van der Waals surface area contributed by atoms with E-state index >= 15 is 0 Å². The van der Waals surface area contributed by atoms with Gasteiger partial charge in [0.1, 0.15) is 0 Å². The zero-order valence-corrected chi connectivity index (χ0v) is 8.61. The first kappa shape index (κ1) is 10.9. The minimum Gasteiger partial charge on any atom is -0.314 e. The number of hydrogen-bond acceptors (Lipinski definition) is 3. The molecule has 78 valence electrons. The van der Waals surface area contributed by atoms with Crippen LogP contribution >= 0.6 is 0 Å². The van der Waals surface area contributed by atoms with E-state index in [-0.39, 0.29) is 11.8 Å². The van der Waals surface area contributed by atoms with Crippen LogP contribution in [0.4, 0.5) is 3.89 Å². The van der Waals surface area contributed by atoms with Crippen molar-refractivity contribution in [3.05, 3.63) is 0 Å². The van der Waals surface area contributed by atoms with Gasteiger partial charge >= 0.3 is 10.2 Å². The van der Waals surface area contributed by atoms with E-state index in [1.807, 2.05) is 0 Å². The zero-order chi connectivity index (χ0) is 9.90. The maximum Gasteiger partial charge on any atom is 0.302 e. The van der Waals surface area contributed by atoms with Gasteiger partial charge < -0.3 is 5.32 Å². The molecule has 0 aromatic rings. The maximum absolute atomic E-state index is 12.2. The minimum atomic E-state index is -4.29. The summed E-state index contributed by atoms with van der Waals surface area (Å²) in [5.74, 6) is 0.102. The molecule has 2 atom stereocenters. The molecule has 0 radical (unpaired) electrons. The van der Waals surface area contributed by atoms with E-state index in [2.05, 4.69) is 12.2 Å². The molecule has 0 aromatic carbocycles. The third-order valence-corrected chi connectivity index (χ3v) is 3.33. The molecule has 0 spiro atoms. The molecule has 1 aliphatic rings. The van der Waals surface area contributed by atoms with Gasteiger partial charge in [-0.2, -0.15) is 8.42 Å². The van der Waals surface area contributed by atoms with Crippen molar-refractivity contribution in [2.24, 2.45) is 5.92 Å². The molecule has 1 N–H and O–H groups in total. The Kier molecular flexibility index (Phi) is 3.67. The standard InChI is InChI=1S/C8H16FNO2S/c1-7-3-2-5-10-8(7)4-6-13(9,11)12/h7-8,10H,2-6H2,1H3. The zero-order valence-electron chi connectivity index (χ0n) is 7.79. The first-order valence-electron chi connectivity index (χ1n) is 4.65. The Labute approximate surface area is 78.9 Å². The van der Waals surface area contributed by atoms with Crippen LogP contribution in [0.3, 0.4) is 0 Å². The summed E-state index contributed by atoms with van der Waals surface area (Å²) in [5.41, 5.74) is 0. The van der Waals surface area contributed by atoms with Crippen LogP contribution in [-0.4, -0.2) is 26.8 Å². The Morgan fingerprint density at radius 2 is 2.23 bits per heavy atom. The van der Waals surface area contributed by atoms with Crippen LogP contribution in [0.15, 0.2) is 0 Å². The molecular formula is C8H16FNO2S. The minimum absolute atomic E-state index is 0.166. The van der Waals surface area contributed by atoms with E-state index in [9.17, 15) is 12.3 Å². The van der Waals surface area contributed by atoms with Crippen molar-refractivity contribution in [3.8, 4) is 0 Å². The van der Waals surface area contributed by atoms with Crippen LogP contribution in [0, 0.1) is 5.92 Å². The van der Waals surface area contributed by atoms with Crippen LogP contribution < -0.4 is 5.32 Å². The van der Waals surface area contributed by atoms with Gasteiger partial charge in [0.25, 0.3) is 0 Å². The SMILES string of the molecule is CC1CCCNC1CCS(=O)(=O)F. The van der Waals surface area contributed by atoms with Crippen molar-refractivity contribution >= 4 is 10.2 Å². The smallest absolute Gasteiger partial charge is 0.302 e. The second-order valence-corrected chi connectivity index (χ2v) is 5.20. The normalized spacial score (nSPS) is 30.3. The van der Waals surface area contributed by atoms with Crippen molar-refractivity contribution in [2.45, 2.75) is 32.2 Å². The number of hydrogen-bond donors (Lipinski definition) is 1. The lowest BCUT2D eigenvalue weighted by molar-refractivity contribution is 0.293. The summed E-state index contributed by atoms with van der Waals surface area (Å²) >= 11 is 0. The number of piperidine rings is 1. The largest absolute Gasteiger partial charge is 0.314 e. The number of nitrogens with one attached hydrogen (secondary N) is 1. The highest BCUT2D eigenvalue weighted by Crippen LogP contribution is 2.18. The fourth-order valence-corrected chi connectivity index (χ4v) is 2.30. The van der Waals surface area contributed by atoms with Crippen LogP contribution in [0.1, 0.15) is 26.2 Å². The quantitative estimate of drug-likeness (QED) is 0.707. The van der Waals surface area contributed by atoms with Crippen molar-refractivity contribution < 1.29 is 12.3 Å². The first-order chi connectivity index (χ1) is 5.99. The first-order valence-corrected chi connectivity index (χ1v) is 6.20. The summed E-state index contributed by atoms with van der Waals surface area (Å²) in [6.07, 6.45) is 2.62. The third kappa shape index (κ3) is 4.04. The molecule has 2 unspecified atom stereocenters. The number of rotatable bonds is 3. The number of halogens is 1. The predicted octanol–water partition coefficient (Wildman–Crippen LogP) is 1.06. The summed E-state index contributed by atoms with van der Waals surface area (Å²) < 4.78 is 32.8. The summed E-state index contributed by atoms with van der Waals surface area (Å²) in [6, 6.07) is 0.166. The molecule has 0 amide bonds. The third-order valence-electron chi connectivity index (χ3n) is 2.60. The van der Waals surface area contributed by atoms with Gasteiger partial charge in [0, 0.05) is 6.04 Å². The summed E-state index contributed by atoms with van der Waals surface area (Å²) in [4.78, 5) is 0. The molecule has 3 nitrogen and oxygen atoms in total. The Morgan fingerprint density at radius 1 is 1.54 bits per heavy atom. The molecule has 0 saturated carbocycles. The van der Waals surface area contributed by atoms with Gasteiger partial charge in [0.15, 0.2) is 0 Å². The molecule has 0 aliphatic carbocycles. The maximum atomic E-state index is 12.2. The molecule has 1 rings (SSSR count). The highest BCUT2D eigenvalue weighted by atomic mass is 32.3. The van der Waals surface area contributed by atoms with E-state index in [0.29, 0.717) is 12.3 Å². The van der Waals surface area contributed by atoms with E-state index in [0.717, 1.165) is 19.4 Å². The van der Waals surface area contributed by atoms with Crippen LogP contribution in [0.2, 0.25) is 0 Å². The Balaban J connectivity index is 2.35. The van der Waals surface area contributed by atoms with Gasteiger partial charge in [-0.15, -0.1) is 3.89 Å². The van der Waals surface area contributed by atoms with Crippen LogP contribution in [0.25, 0.3) is 0 Å². The van der Waals surface area contributed by atoms with E-state index < -0.39 is 10.2 Å². The Morgan fingerprint density at radius 3 is 2.77 bits per heavy atom. The second-order valence-electron chi connectivity index (χ2n) is 3.71. The Hall–Kier alpha value is -0.160. The lowest BCUT2D eigenvalue weighted by Gasteiger charge is -2.29. The van der Waals surface area contributed by atoms with Gasteiger partial charge in [0.2, 0.25) is 0 Å².